The van der Waals surface area contributed by atoms with Gasteiger partial charge in [0.15, 0.2) is 11.6 Å². The van der Waals surface area contributed by atoms with Gasteiger partial charge in [-0.3, -0.25) is 5.32 Å². The summed E-state index contributed by atoms with van der Waals surface area (Å²) in [6.07, 6.45) is 4.86. The molecular weight excluding hydrogens is 420 g/mol. The maximum absolute atomic E-state index is 12.7. The van der Waals surface area contributed by atoms with Gasteiger partial charge in [-0.1, -0.05) is 51.3 Å². The monoisotopic (exact) mass is 452 g/mol. The molecule has 33 heavy (non-hydrogen) atoms. The van der Waals surface area contributed by atoms with E-state index < -0.39 is 12.1 Å². The number of unbranched alkanes of at least 4 members (excludes halogenated alkanes) is 1. The van der Waals surface area contributed by atoms with Gasteiger partial charge in [-0.2, -0.15) is 9.78 Å². The Morgan fingerprint density at radius 2 is 1.94 bits per heavy atom. The fraction of sp³-hybridized carbons (Fsp3) is 0.440. The highest BCUT2D eigenvalue weighted by Crippen LogP contribution is 2.25. The Morgan fingerprint density at radius 1 is 1.15 bits per heavy atom. The van der Waals surface area contributed by atoms with E-state index in [1.807, 2.05) is 37.3 Å². The van der Waals surface area contributed by atoms with Gasteiger partial charge in [-0.15, -0.1) is 0 Å². The molecule has 0 saturated heterocycles. The first-order chi connectivity index (χ1) is 16.0. The van der Waals surface area contributed by atoms with E-state index in [4.69, 9.17) is 9.47 Å². The lowest BCUT2D eigenvalue weighted by Crippen LogP contribution is -2.22. The largest absolute Gasteiger partial charge is 0.462 e. The number of carbonyl (C=O) groups excluding carboxylic acids is 2. The second-order valence-electron chi connectivity index (χ2n) is 7.99. The second kappa shape index (κ2) is 11.4. The number of nitrogens with zero attached hydrogens (tertiary/aromatic N) is 3. The number of ether oxygens (including phenoxy) is 2. The quantitative estimate of drug-likeness (QED) is 0.398. The lowest BCUT2D eigenvalue weighted by molar-refractivity contribution is 0.0527. The second-order valence-corrected chi connectivity index (χ2v) is 7.99. The normalized spacial score (nSPS) is 11.9. The van der Waals surface area contributed by atoms with Crippen molar-refractivity contribution >= 4 is 28.8 Å². The van der Waals surface area contributed by atoms with Crippen LogP contribution >= 0.6 is 0 Å². The summed E-state index contributed by atoms with van der Waals surface area (Å²) >= 11 is 0. The molecule has 0 fully saturated rings. The van der Waals surface area contributed by atoms with Gasteiger partial charge in [-0.05, 0) is 43.9 Å². The van der Waals surface area contributed by atoms with Crippen LogP contribution in [0.2, 0.25) is 0 Å². The van der Waals surface area contributed by atoms with Gasteiger partial charge in [0.1, 0.15) is 5.56 Å². The minimum absolute atomic E-state index is 0.138. The van der Waals surface area contributed by atoms with Gasteiger partial charge in [0.05, 0.1) is 24.9 Å². The van der Waals surface area contributed by atoms with Gasteiger partial charge in [0.25, 0.3) is 0 Å². The maximum Gasteiger partial charge on any atom is 0.412 e. The summed E-state index contributed by atoms with van der Waals surface area (Å²) in [5.74, 6) is 0.370. The fourth-order valence-corrected chi connectivity index (χ4v) is 3.67. The van der Waals surface area contributed by atoms with Crippen LogP contribution in [0.1, 0.15) is 62.4 Å². The van der Waals surface area contributed by atoms with Crippen molar-refractivity contribution in [1.29, 1.82) is 0 Å². The Labute approximate surface area is 194 Å². The van der Waals surface area contributed by atoms with Crippen LogP contribution in [0.15, 0.2) is 36.5 Å². The average Bonchev–Trinajstić information content (AvgIpc) is 3.23. The smallest absolute Gasteiger partial charge is 0.412 e. The minimum atomic E-state index is -0.644. The van der Waals surface area contributed by atoms with E-state index in [9.17, 15) is 9.59 Å². The molecule has 3 rings (SSSR count). The number of anilines is 1. The SMILES string of the molecule is CCCCC(CC)COC(=O)Nc1c(C(=O)OCC)cnn1-c1cc(C)c2ccccc2n1. The molecule has 0 aliphatic heterocycles. The lowest BCUT2D eigenvalue weighted by Gasteiger charge is -2.16. The first kappa shape index (κ1) is 24.2. The van der Waals surface area contributed by atoms with E-state index in [2.05, 4.69) is 29.2 Å². The highest BCUT2D eigenvalue weighted by molar-refractivity contribution is 5.99. The number of amides is 1. The molecule has 0 aliphatic rings. The molecule has 0 saturated carbocycles. The number of hydrogen-bond donors (Lipinski definition) is 1. The Balaban J connectivity index is 1.90. The molecule has 8 heteroatoms. The zero-order valence-electron chi connectivity index (χ0n) is 19.8. The minimum Gasteiger partial charge on any atom is -0.462 e. The van der Waals surface area contributed by atoms with Crippen LogP contribution in [0, 0.1) is 12.8 Å². The number of rotatable bonds is 10. The van der Waals surface area contributed by atoms with E-state index in [-0.39, 0.29) is 18.0 Å². The van der Waals surface area contributed by atoms with Crippen molar-refractivity contribution in [3.05, 3.63) is 47.7 Å². The van der Waals surface area contributed by atoms with Crippen LogP contribution in [-0.2, 0) is 9.47 Å². The number of carbonyl (C=O) groups is 2. The van der Waals surface area contributed by atoms with Crippen molar-refractivity contribution in [3.63, 3.8) is 0 Å². The number of benzene rings is 1. The van der Waals surface area contributed by atoms with E-state index in [0.717, 1.165) is 42.1 Å². The summed E-state index contributed by atoms with van der Waals surface area (Å²) in [5, 5.41) is 8.04. The molecule has 1 amide bonds. The number of aromatic nitrogens is 3. The van der Waals surface area contributed by atoms with Crippen molar-refractivity contribution in [2.45, 2.75) is 53.4 Å². The number of aryl methyl sites for hydroxylation is 1. The van der Waals surface area contributed by atoms with Gasteiger partial charge >= 0.3 is 12.1 Å². The fourth-order valence-electron chi connectivity index (χ4n) is 3.67. The highest BCUT2D eigenvalue weighted by Gasteiger charge is 2.23. The molecule has 0 spiro atoms. The van der Waals surface area contributed by atoms with Gasteiger partial charge < -0.3 is 9.47 Å². The average molecular weight is 453 g/mol. The van der Waals surface area contributed by atoms with Crippen LogP contribution in [0.3, 0.4) is 0 Å². The number of para-hydroxylation sites is 1. The molecule has 0 radical (unpaired) electrons. The van der Waals surface area contributed by atoms with Crippen LogP contribution in [0.25, 0.3) is 16.7 Å². The van der Waals surface area contributed by atoms with Gasteiger partial charge in [-0.25, -0.2) is 14.6 Å². The van der Waals surface area contributed by atoms with Crippen molar-refractivity contribution in [3.8, 4) is 5.82 Å². The van der Waals surface area contributed by atoms with Crippen LogP contribution in [0.4, 0.5) is 10.6 Å². The molecular formula is C25H32N4O4. The summed E-state index contributed by atoms with van der Waals surface area (Å²) in [7, 11) is 0. The third kappa shape index (κ3) is 5.88. The Kier molecular flexibility index (Phi) is 8.40. The van der Waals surface area contributed by atoms with Crippen molar-refractivity contribution < 1.29 is 19.1 Å². The molecule has 2 aromatic heterocycles. The van der Waals surface area contributed by atoms with E-state index in [0.29, 0.717) is 18.3 Å². The summed E-state index contributed by atoms with van der Waals surface area (Å²) in [4.78, 5) is 29.8. The topological polar surface area (TPSA) is 95.3 Å². The third-order valence-electron chi connectivity index (χ3n) is 5.60. The Morgan fingerprint density at radius 3 is 2.67 bits per heavy atom. The van der Waals surface area contributed by atoms with Crippen LogP contribution < -0.4 is 5.32 Å². The number of fused-ring (bicyclic) bond motifs is 1. The van der Waals surface area contributed by atoms with Crippen molar-refractivity contribution in [1.82, 2.24) is 14.8 Å². The summed E-state index contributed by atoms with van der Waals surface area (Å²) in [6, 6.07) is 9.62. The van der Waals surface area contributed by atoms with Crippen molar-refractivity contribution in [2.75, 3.05) is 18.5 Å². The summed E-state index contributed by atoms with van der Waals surface area (Å²) < 4.78 is 12.1. The first-order valence-corrected chi connectivity index (χ1v) is 11.5. The zero-order chi connectivity index (χ0) is 23.8. The Hall–Kier alpha value is -3.42. The predicted octanol–water partition coefficient (Wildman–Crippen LogP) is 5.67. The van der Waals surface area contributed by atoms with Gasteiger partial charge in [0.2, 0.25) is 0 Å². The molecule has 176 valence electrons. The summed E-state index contributed by atoms with van der Waals surface area (Å²) in [5.41, 5.74) is 1.93. The molecule has 2 heterocycles. The molecule has 1 atom stereocenters. The number of nitrogens with one attached hydrogen (secondary N) is 1. The van der Waals surface area contributed by atoms with E-state index >= 15 is 0 Å². The van der Waals surface area contributed by atoms with Crippen LogP contribution in [0.5, 0.6) is 0 Å². The van der Waals surface area contributed by atoms with E-state index in [1.54, 1.807) is 6.92 Å². The molecule has 1 unspecified atom stereocenters. The predicted molar refractivity (Wildman–Crippen MR) is 128 cm³/mol. The van der Waals surface area contributed by atoms with Gasteiger partial charge in [0, 0.05) is 5.39 Å². The first-order valence-electron chi connectivity index (χ1n) is 11.5. The molecule has 0 bridgehead atoms. The van der Waals surface area contributed by atoms with Crippen molar-refractivity contribution in [2.24, 2.45) is 5.92 Å². The van der Waals surface area contributed by atoms with Crippen LogP contribution in [-0.4, -0.2) is 40.0 Å². The number of esters is 1. The van der Waals surface area contributed by atoms with E-state index in [1.165, 1.54) is 10.9 Å². The standard InChI is InChI=1S/C25H32N4O4/c1-5-8-11-18(6-2)16-33-25(31)28-23-20(24(30)32-7-3)15-26-29(23)22-14-17(4)19-12-9-10-13-21(19)27-22/h9-10,12-15,18H,5-8,11,16H2,1-4H3,(H,28,31). The molecule has 8 nitrogen and oxygen atoms in total. The Bertz CT molecular complexity index is 1110. The molecule has 1 aromatic carbocycles. The molecule has 3 aromatic rings. The molecule has 0 aliphatic carbocycles. The number of pyridine rings is 1. The zero-order valence-corrected chi connectivity index (χ0v) is 19.8. The lowest BCUT2D eigenvalue weighted by atomic mass is 10.0. The third-order valence-corrected chi connectivity index (χ3v) is 5.60. The summed E-state index contributed by atoms with van der Waals surface area (Å²) in [6.45, 7) is 8.45. The highest BCUT2D eigenvalue weighted by atomic mass is 16.5. The maximum atomic E-state index is 12.7. The number of hydrogen-bond acceptors (Lipinski definition) is 6. The molecule has 1 N–H and O–H groups in total.